The van der Waals surface area contributed by atoms with Crippen LogP contribution in [0.1, 0.15) is 17.7 Å². The van der Waals surface area contributed by atoms with Crippen molar-refractivity contribution in [3.8, 4) is 11.1 Å². The molecule has 4 aromatic rings. The lowest BCUT2D eigenvalue weighted by atomic mass is 9.95. The molecule has 0 spiro atoms. The van der Waals surface area contributed by atoms with E-state index in [4.69, 9.17) is 4.42 Å². The second-order valence-electron chi connectivity index (χ2n) is 7.65. The zero-order valence-electron chi connectivity index (χ0n) is 16.4. The van der Waals surface area contributed by atoms with Gasteiger partial charge in [0.2, 0.25) is 0 Å². The summed E-state index contributed by atoms with van der Waals surface area (Å²) in [5.41, 5.74) is 4.67. The van der Waals surface area contributed by atoms with Crippen molar-refractivity contribution in [2.24, 2.45) is 0 Å². The number of furan rings is 1. The Morgan fingerprint density at radius 1 is 0.867 bits per heavy atom. The van der Waals surface area contributed by atoms with Crippen molar-refractivity contribution < 1.29 is 13.2 Å². The van der Waals surface area contributed by atoms with Gasteiger partial charge in [-0.3, -0.25) is 4.90 Å². The van der Waals surface area contributed by atoms with Crippen LogP contribution in [0, 0.1) is 11.6 Å². The minimum atomic E-state index is -0.333. The van der Waals surface area contributed by atoms with Gasteiger partial charge in [0.15, 0.2) is 0 Å². The maximum Gasteiger partial charge on any atom is 0.138 e. The number of halogens is 2. The molecule has 5 rings (SSSR count). The van der Waals surface area contributed by atoms with Crippen LogP contribution in [-0.4, -0.2) is 18.0 Å². The van der Waals surface area contributed by atoms with Crippen LogP contribution < -0.4 is 0 Å². The predicted molar refractivity (Wildman–Crippen MR) is 116 cm³/mol. The van der Waals surface area contributed by atoms with Crippen LogP contribution >= 0.6 is 0 Å². The molecular formula is C26H21F2NO. The first-order valence-corrected chi connectivity index (χ1v) is 10.1. The molecule has 0 fully saturated rings. The Bertz CT molecular complexity index is 1210. The summed E-state index contributed by atoms with van der Waals surface area (Å²) in [6.07, 6.45) is 3.02. The first kappa shape index (κ1) is 18.8. The van der Waals surface area contributed by atoms with Crippen LogP contribution in [0.4, 0.5) is 8.78 Å². The monoisotopic (exact) mass is 401 g/mol. The topological polar surface area (TPSA) is 16.4 Å². The van der Waals surface area contributed by atoms with Crippen molar-refractivity contribution in [3.05, 3.63) is 102 Å². The number of rotatable bonds is 4. The molecule has 0 bridgehead atoms. The Labute approximate surface area is 174 Å². The standard InChI is InChI=1S/C26H21F2NO/c27-21-8-6-19(7-9-21)25-23-11-10-22(28)16-24(23)30-26(25)20-12-14-29(15-13-20)17-18-4-2-1-3-5-18/h1-12,16H,13-15,17H2. The van der Waals surface area contributed by atoms with Crippen LogP contribution in [0.25, 0.3) is 27.7 Å². The Morgan fingerprint density at radius 3 is 2.37 bits per heavy atom. The molecule has 0 saturated carbocycles. The molecular weight excluding hydrogens is 380 g/mol. The van der Waals surface area contributed by atoms with Crippen molar-refractivity contribution in [1.29, 1.82) is 0 Å². The average Bonchev–Trinajstić information content (AvgIpc) is 3.14. The maximum absolute atomic E-state index is 13.8. The number of fused-ring (bicyclic) bond motifs is 1. The fourth-order valence-corrected chi connectivity index (χ4v) is 4.10. The van der Waals surface area contributed by atoms with Crippen molar-refractivity contribution >= 4 is 16.5 Å². The normalized spacial score (nSPS) is 14.8. The van der Waals surface area contributed by atoms with E-state index in [9.17, 15) is 8.78 Å². The Morgan fingerprint density at radius 2 is 1.63 bits per heavy atom. The van der Waals surface area contributed by atoms with E-state index >= 15 is 0 Å². The summed E-state index contributed by atoms with van der Waals surface area (Å²) in [6.45, 7) is 2.63. The van der Waals surface area contributed by atoms with Crippen molar-refractivity contribution in [2.75, 3.05) is 13.1 Å². The lowest BCUT2D eigenvalue weighted by Gasteiger charge is -2.26. The first-order chi connectivity index (χ1) is 14.7. The lowest BCUT2D eigenvalue weighted by Crippen LogP contribution is -2.28. The Hall–Kier alpha value is -3.24. The van der Waals surface area contributed by atoms with E-state index in [0.29, 0.717) is 5.58 Å². The highest BCUT2D eigenvalue weighted by atomic mass is 19.1. The van der Waals surface area contributed by atoms with Crippen molar-refractivity contribution in [1.82, 2.24) is 4.90 Å². The third kappa shape index (κ3) is 3.66. The summed E-state index contributed by atoms with van der Waals surface area (Å²) in [7, 11) is 0. The van der Waals surface area contributed by atoms with E-state index in [0.717, 1.165) is 53.9 Å². The van der Waals surface area contributed by atoms with Crippen molar-refractivity contribution in [3.63, 3.8) is 0 Å². The summed E-state index contributed by atoms with van der Waals surface area (Å²) in [6, 6.07) is 21.4. The molecule has 1 aliphatic rings. The molecule has 150 valence electrons. The number of benzene rings is 3. The third-order valence-electron chi connectivity index (χ3n) is 5.62. The smallest absolute Gasteiger partial charge is 0.138 e. The lowest BCUT2D eigenvalue weighted by molar-refractivity contribution is 0.293. The summed E-state index contributed by atoms with van der Waals surface area (Å²) >= 11 is 0. The van der Waals surface area contributed by atoms with Gasteiger partial charge in [0, 0.05) is 36.7 Å². The molecule has 0 saturated heterocycles. The van der Waals surface area contributed by atoms with E-state index in [1.807, 2.05) is 6.07 Å². The van der Waals surface area contributed by atoms with Gasteiger partial charge in [0.25, 0.3) is 0 Å². The SMILES string of the molecule is Fc1ccc(-c2c(C3=CCN(Cc4ccccc4)CC3)oc3cc(F)ccc23)cc1. The second kappa shape index (κ2) is 7.88. The second-order valence-corrected chi connectivity index (χ2v) is 7.65. The van der Waals surface area contributed by atoms with E-state index in [2.05, 4.69) is 35.2 Å². The van der Waals surface area contributed by atoms with Gasteiger partial charge in [-0.2, -0.15) is 0 Å². The zero-order valence-corrected chi connectivity index (χ0v) is 16.4. The van der Waals surface area contributed by atoms with Crippen LogP contribution in [-0.2, 0) is 6.54 Å². The van der Waals surface area contributed by atoms with Gasteiger partial charge >= 0.3 is 0 Å². The number of hydrogen-bond acceptors (Lipinski definition) is 2. The predicted octanol–water partition coefficient (Wildman–Crippen LogP) is 6.67. The summed E-state index contributed by atoms with van der Waals surface area (Å²) in [5.74, 6) is 0.134. The van der Waals surface area contributed by atoms with Gasteiger partial charge in [0.05, 0.1) is 0 Å². The maximum atomic E-state index is 13.8. The molecule has 3 aromatic carbocycles. The highest BCUT2D eigenvalue weighted by Crippen LogP contribution is 2.40. The first-order valence-electron chi connectivity index (χ1n) is 10.1. The molecule has 2 nitrogen and oxygen atoms in total. The molecule has 1 aliphatic heterocycles. The Kier molecular flexibility index (Phi) is 4.93. The minimum absolute atomic E-state index is 0.285. The Balaban J connectivity index is 1.51. The van der Waals surface area contributed by atoms with Crippen molar-refractivity contribution in [2.45, 2.75) is 13.0 Å². The zero-order chi connectivity index (χ0) is 20.5. The highest BCUT2D eigenvalue weighted by molar-refractivity contribution is 6.00. The fraction of sp³-hybridized carbons (Fsp3) is 0.154. The van der Waals surface area contributed by atoms with E-state index in [1.165, 1.54) is 29.8 Å². The van der Waals surface area contributed by atoms with Gasteiger partial charge in [-0.15, -0.1) is 0 Å². The van der Waals surface area contributed by atoms with Crippen LogP contribution in [0.3, 0.4) is 0 Å². The van der Waals surface area contributed by atoms with E-state index < -0.39 is 0 Å². The molecule has 2 heterocycles. The van der Waals surface area contributed by atoms with Gasteiger partial charge < -0.3 is 4.42 Å². The summed E-state index contributed by atoms with van der Waals surface area (Å²) in [5, 5.41) is 0.839. The average molecular weight is 401 g/mol. The third-order valence-corrected chi connectivity index (χ3v) is 5.62. The fourth-order valence-electron chi connectivity index (χ4n) is 4.10. The number of hydrogen-bond donors (Lipinski definition) is 0. The summed E-state index contributed by atoms with van der Waals surface area (Å²) < 4.78 is 33.4. The van der Waals surface area contributed by atoms with Crippen LogP contribution in [0.2, 0.25) is 0 Å². The highest BCUT2D eigenvalue weighted by Gasteiger charge is 2.22. The molecule has 4 heteroatoms. The minimum Gasteiger partial charge on any atom is -0.456 e. The van der Waals surface area contributed by atoms with Gasteiger partial charge in [0.1, 0.15) is 23.0 Å². The summed E-state index contributed by atoms with van der Waals surface area (Å²) in [4.78, 5) is 2.39. The molecule has 0 unspecified atom stereocenters. The molecule has 0 aliphatic carbocycles. The van der Waals surface area contributed by atoms with E-state index in [-0.39, 0.29) is 11.6 Å². The number of nitrogens with zero attached hydrogens (tertiary/aromatic N) is 1. The van der Waals surface area contributed by atoms with E-state index in [1.54, 1.807) is 18.2 Å². The largest absolute Gasteiger partial charge is 0.456 e. The molecule has 30 heavy (non-hydrogen) atoms. The molecule has 0 radical (unpaired) electrons. The molecule has 0 amide bonds. The van der Waals surface area contributed by atoms with Gasteiger partial charge in [-0.1, -0.05) is 48.5 Å². The molecule has 0 N–H and O–H groups in total. The van der Waals surface area contributed by atoms with Gasteiger partial charge in [-0.05, 0) is 47.4 Å². The molecule has 0 atom stereocenters. The van der Waals surface area contributed by atoms with Gasteiger partial charge in [-0.25, -0.2) is 8.78 Å². The molecule has 1 aromatic heterocycles. The van der Waals surface area contributed by atoms with Crippen LogP contribution in [0.15, 0.2) is 83.3 Å². The van der Waals surface area contributed by atoms with Crippen LogP contribution in [0.5, 0.6) is 0 Å². The quantitative estimate of drug-likeness (QED) is 0.380.